The van der Waals surface area contributed by atoms with Gasteiger partial charge in [0.1, 0.15) is 23.4 Å². The summed E-state index contributed by atoms with van der Waals surface area (Å²) in [7, 11) is 0. The van der Waals surface area contributed by atoms with Crippen molar-refractivity contribution in [3.05, 3.63) is 29.8 Å². The zero-order chi connectivity index (χ0) is 13.0. The molecule has 1 aliphatic rings. The first kappa shape index (κ1) is 12.8. The summed E-state index contributed by atoms with van der Waals surface area (Å²) in [6.45, 7) is 1.58. The summed E-state index contributed by atoms with van der Waals surface area (Å²) < 4.78 is 5.78. The van der Waals surface area contributed by atoms with Gasteiger partial charge in [-0.25, -0.2) is 0 Å². The largest absolute Gasteiger partial charge is 0.490 e. The van der Waals surface area contributed by atoms with Gasteiger partial charge in [0.15, 0.2) is 0 Å². The molecule has 0 radical (unpaired) electrons. The molecule has 2 rings (SSSR count). The van der Waals surface area contributed by atoms with Crippen LogP contribution < -0.4 is 4.74 Å². The molecule has 0 saturated heterocycles. The number of hydrogen-bond donors (Lipinski definition) is 0. The molecule has 1 aromatic rings. The molecule has 18 heavy (non-hydrogen) atoms. The molecular weight excluding hydrogens is 228 g/mol. The Morgan fingerprint density at radius 3 is 2.67 bits per heavy atom. The fourth-order valence-corrected chi connectivity index (χ4v) is 2.25. The van der Waals surface area contributed by atoms with Gasteiger partial charge in [-0.1, -0.05) is 12.1 Å². The number of ether oxygens (including phenoxy) is 1. The van der Waals surface area contributed by atoms with Crippen LogP contribution in [0.1, 0.15) is 38.2 Å². The molecule has 0 N–H and O–H groups in total. The standard InChI is InChI=1S/C15H18O3/c1-11(16)9-12-5-7-14(8-6-12)18-15-4-2-3-13(17)10-15/h5-8,15H,2-4,9-10H2,1H3. The minimum atomic E-state index is 0.0184. The fourth-order valence-electron chi connectivity index (χ4n) is 2.25. The Balaban J connectivity index is 1.93. The van der Waals surface area contributed by atoms with Crippen molar-refractivity contribution in [3.8, 4) is 5.75 Å². The van der Waals surface area contributed by atoms with Crippen LogP contribution in [0.3, 0.4) is 0 Å². The molecular formula is C15H18O3. The molecule has 1 unspecified atom stereocenters. The number of rotatable bonds is 4. The smallest absolute Gasteiger partial charge is 0.136 e. The summed E-state index contributed by atoms with van der Waals surface area (Å²) in [4.78, 5) is 22.3. The first-order valence-corrected chi connectivity index (χ1v) is 6.40. The zero-order valence-corrected chi connectivity index (χ0v) is 10.6. The third kappa shape index (κ3) is 3.69. The molecule has 1 saturated carbocycles. The lowest BCUT2D eigenvalue weighted by Gasteiger charge is -2.22. The van der Waals surface area contributed by atoms with Crippen LogP contribution in [-0.2, 0) is 16.0 Å². The molecule has 0 heterocycles. The summed E-state index contributed by atoms with van der Waals surface area (Å²) in [5.74, 6) is 1.22. The lowest BCUT2D eigenvalue weighted by molar-refractivity contribution is -0.122. The van der Waals surface area contributed by atoms with Gasteiger partial charge in [-0.05, 0) is 37.5 Å². The van der Waals surface area contributed by atoms with E-state index in [0.717, 1.165) is 24.2 Å². The van der Waals surface area contributed by atoms with Crippen molar-refractivity contribution < 1.29 is 14.3 Å². The van der Waals surface area contributed by atoms with Crippen LogP contribution in [-0.4, -0.2) is 17.7 Å². The first-order chi connectivity index (χ1) is 8.63. The van der Waals surface area contributed by atoms with Gasteiger partial charge >= 0.3 is 0 Å². The molecule has 1 fully saturated rings. The lowest BCUT2D eigenvalue weighted by Crippen LogP contribution is -2.25. The van der Waals surface area contributed by atoms with E-state index in [0.29, 0.717) is 25.0 Å². The van der Waals surface area contributed by atoms with Crippen molar-refractivity contribution in [2.75, 3.05) is 0 Å². The van der Waals surface area contributed by atoms with Gasteiger partial charge < -0.3 is 4.74 Å². The molecule has 1 aliphatic carbocycles. The highest BCUT2D eigenvalue weighted by atomic mass is 16.5. The van der Waals surface area contributed by atoms with Crippen molar-refractivity contribution in [2.45, 2.75) is 45.1 Å². The van der Waals surface area contributed by atoms with Gasteiger partial charge in [0, 0.05) is 19.3 Å². The van der Waals surface area contributed by atoms with E-state index in [1.807, 2.05) is 24.3 Å². The van der Waals surface area contributed by atoms with E-state index in [1.165, 1.54) is 0 Å². The highest BCUT2D eigenvalue weighted by molar-refractivity contribution is 5.79. The topological polar surface area (TPSA) is 43.4 Å². The van der Waals surface area contributed by atoms with Crippen molar-refractivity contribution in [1.82, 2.24) is 0 Å². The lowest BCUT2D eigenvalue weighted by atomic mass is 9.96. The predicted octanol–water partition coefficient (Wildman–Crippen LogP) is 2.71. The molecule has 1 aromatic carbocycles. The summed E-state index contributed by atoms with van der Waals surface area (Å²) in [5.41, 5.74) is 0.995. The van der Waals surface area contributed by atoms with E-state index < -0.39 is 0 Å². The van der Waals surface area contributed by atoms with Crippen LogP contribution in [0, 0.1) is 0 Å². The number of carbonyl (C=O) groups is 2. The summed E-state index contributed by atoms with van der Waals surface area (Å²) >= 11 is 0. The van der Waals surface area contributed by atoms with Gasteiger partial charge in [0.05, 0.1) is 0 Å². The summed E-state index contributed by atoms with van der Waals surface area (Å²) in [5, 5.41) is 0. The van der Waals surface area contributed by atoms with Crippen LogP contribution in [0.4, 0.5) is 0 Å². The second kappa shape index (κ2) is 5.80. The summed E-state index contributed by atoms with van der Waals surface area (Å²) in [6, 6.07) is 7.55. The van der Waals surface area contributed by atoms with E-state index >= 15 is 0 Å². The first-order valence-electron chi connectivity index (χ1n) is 6.40. The highest BCUT2D eigenvalue weighted by Crippen LogP contribution is 2.22. The molecule has 0 aliphatic heterocycles. The van der Waals surface area contributed by atoms with Crippen molar-refractivity contribution in [3.63, 3.8) is 0 Å². The number of ketones is 2. The van der Waals surface area contributed by atoms with Crippen LogP contribution in [0.15, 0.2) is 24.3 Å². The average molecular weight is 246 g/mol. The maximum absolute atomic E-state index is 11.3. The number of hydrogen-bond acceptors (Lipinski definition) is 3. The van der Waals surface area contributed by atoms with Crippen LogP contribution in [0.25, 0.3) is 0 Å². The minimum Gasteiger partial charge on any atom is -0.490 e. The summed E-state index contributed by atoms with van der Waals surface area (Å²) in [6.07, 6.45) is 3.56. The second-order valence-corrected chi connectivity index (χ2v) is 4.90. The second-order valence-electron chi connectivity index (χ2n) is 4.90. The monoisotopic (exact) mass is 246 g/mol. The van der Waals surface area contributed by atoms with E-state index in [-0.39, 0.29) is 11.9 Å². The van der Waals surface area contributed by atoms with Gasteiger partial charge in [0.2, 0.25) is 0 Å². The zero-order valence-electron chi connectivity index (χ0n) is 10.6. The van der Waals surface area contributed by atoms with Crippen LogP contribution >= 0.6 is 0 Å². The van der Waals surface area contributed by atoms with E-state index in [2.05, 4.69) is 0 Å². The Morgan fingerprint density at radius 1 is 1.33 bits per heavy atom. The van der Waals surface area contributed by atoms with Crippen molar-refractivity contribution in [2.24, 2.45) is 0 Å². The molecule has 96 valence electrons. The number of Topliss-reactive ketones (excluding diaryl/α,β-unsaturated/α-hetero) is 2. The molecule has 3 heteroatoms. The fraction of sp³-hybridized carbons (Fsp3) is 0.467. The van der Waals surface area contributed by atoms with Gasteiger partial charge in [0.25, 0.3) is 0 Å². The van der Waals surface area contributed by atoms with E-state index in [9.17, 15) is 9.59 Å². The Bertz CT molecular complexity index is 434. The van der Waals surface area contributed by atoms with Crippen molar-refractivity contribution in [1.29, 1.82) is 0 Å². The Morgan fingerprint density at radius 2 is 2.06 bits per heavy atom. The Hall–Kier alpha value is -1.64. The van der Waals surface area contributed by atoms with E-state index in [4.69, 9.17) is 4.74 Å². The molecule has 0 bridgehead atoms. The van der Waals surface area contributed by atoms with Crippen molar-refractivity contribution >= 4 is 11.6 Å². The SMILES string of the molecule is CC(=O)Cc1ccc(OC2CCCC(=O)C2)cc1. The van der Waals surface area contributed by atoms with E-state index in [1.54, 1.807) is 6.92 Å². The average Bonchev–Trinajstić information content (AvgIpc) is 2.31. The molecule has 3 nitrogen and oxygen atoms in total. The van der Waals surface area contributed by atoms with Gasteiger partial charge in [-0.2, -0.15) is 0 Å². The van der Waals surface area contributed by atoms with Gasteiger partial charge in [-0.3, -0.25) is 9.59 Å². The quantitative estimate of drug-likeness (QED) is 0.820. The predicted molar refractivity (Wildman–Crippen MR) is 68.7 cm³/mol. The van der Waals surface area contributed by atoms with Crippen LogP contribution in [0.2, 0.25) is 0 Å². The molecule has 0 aromatic heterocycles. The maximum Gasteiger partial charge on any atom is 0.136 e. The third-order valence-corrected chi connectivity index (χ3v) is 3.12. The highest BCUT2D eigenvalue weighted by Gasteiger charge is 2.20. The minimum absolute atomic E-state index is 0.0184. The molecule has 0 amide bonds. The maximum atomic E-state index is 11.3. The number of benzene rings is 1. The Labute approximate surface area is 107 Å². The van der Waals surface area contributed by atoms with Crippen LogP contribution in [0.5, 0.6) is 5.75 Å². The number of carbonyl (C=O) groups excluding carboxylic acids is 2. The Kier molecular flexibility index (Phi) is 4.13. The molecule has 1 atom stereocenters. The van der Waals surface area contributed by atoms with Gasteiger partial charge in [-0.15, -0.1) is 0 Å². The molecule has 0 spiro atoms. The third-order valence-electron chi connectivity index (χ3n) is 3.12. The normalized spacial score (nSPS) is 19.6.